The summed E-state index contributed by atoms with van der Waals surface area (Å²) in [5.41, 5.74) is 0.847. The molecule has 0 heterocycles. The topological polar surface area (TPSA) is 107 Å². The first-order chi connectivity index (χ1) is 8.29. The number of hydrogen-bond donors (Lipinski definition) is 2. The van der Waals surface area contributed by atoms with Gasteiger partial charge in [-0.1, -0.05) is 6.07 Å². The highest BCUT2D eigenvalue weighted by atomic mass is 32.2. The summed E-state index contributed by atoms with van der Waals surface area (Å²) >= 11 is 0. The molecule has 0 saturated carbocycles. The van der Waals surface area contributed by atoms with Crippen LogP contribution in [0.3, 0.4) is 0 Å². The van der Waals surface area contributed by atoms with Gasteiger partial charge in [0.25, 0.3) is 0 Å². The highest BCUT2D eigenvalue weighted by molar-refractivity contribution is 7.89. The molecule has 96 valence electrons. The molecule has 0 aliphatic carbocycles. The van der Waals surface area contributed by atoms with E-state index in [1.165, 1.54) is 6.07 Å². The van der Waals surface area contributed by atoms with Crippen molar-refractivity contribution in [3.63, 3.8) is 0 Å². The number of nitriles is 1. The lowest BCUT2D eigenvalue weighted by molar-refractivity contribution is 0.0696. The zero-order valence-corrected chi connectivity index (χ0v) is 10.7. The Morgan fingerprint density at radius 2 is 2.00 bits per heavy atom. The Kier molecular flexibility index (Phi) is 4.06. The van der Waals surface area contributed by atoms with Crippen LogP contribution in [0, 0.1) is 25.2 Å². The van der Waals surface area contributed by atoms with Crippen molar-refractivity contribution in [2.75, 3.05) is 6.54 Å². The lowest BCUT2D eigenvalue weighted by Gasteiger charge is -2.10. The minimum atomic E-state index is -3.86. The molecule has 0 saturated heterocycles. The van der Waals surface area contributed by atoms with E-state index in [1.807, 2.05) is 0 Å². The predicted octanol–water partition coefficient (Wildman–Crippen LogP) is 0.804. The van der Waals surface area contributed by atoms with E-state index >= 15 is 0 Å². The summed E-state index contributed by atoms with van der Waals surface area (Å²) < 4.78 is 25.8. The molecule has 0 unspecified atom stereocenters. The predicted molar refractivity (Wildman–Crippen MR) is 63.7 cm³/mol. The van der Waals surface area contributed by atoms with E-state index in [4.69, 9.17) is 10.4 Å². The summed E-state index contributed by atoms with van der Waals surface area (Å²) in [7, 11) is -3.86. The van der Waals surface area contributed by atoms with Crippen LogP contribution in [0.25, 0.3) is 0 Å². The fourth-order valence-corrected chi connectivity index (χ4v) is 2.72. The Labute approximate surface area is 105 Å². The van der Waals surface area contributed by atoms with Gasteiger partial charge in [0.1, 0.15) is 0 Å². The Hall–Kier alpha value is -1.91. The monoisotopic (exact) mass is 268 g/mol. The Balaban J connectivity index is 3.38. The number of aromatic carboxylic acids is 1. The highest BCUT2D eigenvalue weighted by Crippen LogP contribution is 2.20. The molecule has 0 spiro atoms. The molecular formula is C11H12N2O4S. The molecule has 0 fully saturated rings. The van der Waals surface area contributed by atoms with E-state index in [9.17, 15) is 13.2 Å². The summed E-state index contributed by atoms with van der Waals surface area (Å²) in [5, 5.41) is 17.3. The molecule has 0 amide bonds. The number of nitrogens with zero attached hydrogens (tertiary/aromatic N) is 1. The smallest absolute Gasteiger partial charge is 0.335 e. The summed E-state index contributed by atoms with van der Waals surface area (Å²) in [6.45, 7) is 2.80. The minimum absolute atomic E-state index is 0.0714. The molecule has 1 aromatic carbocycles. The van der Waals surface area contributed by atoms with E-state index in [1.54, 1.807) is 19.9 Å². The van der Waals surface area contributed by atoms with Gasteiger partial charge in [-0.3, -0.25) is 0 Å². The number of hydrogen-bond acceptors (Lipinski definition) is 4. The van der Waals surface area contributed by atoms with Crippen molar-refractivity contribution in [2.45, 2.75) is 18.7 Å². The summed E-state index contributed by atoms with van der Waals surface area (Å²) in [5.74, 6) is -1.19. The summed E-state index contributed by atoms with van der Waals surface area (Å²) in [4.78, 5) is 10.8. The maximum absolute atomic E-state index is 11.8. The molecule has 1 rings (SSSR count). The van der Waals surface area contributed by atoms with E-state index in [-0.39, 0.29) is 17.0 Å². The maximum atomic E-state index is 11.8. The lowest BCUT2D eigenvalue weighted by atomic mass is 10.1. The molecule has 0 aromatic heterocycles. The second-order valence-corrected chi connectivity index (χ2v) is 5.46. The van der Waals surface area contributed by atoms with E-state index in [2.05, 4.69) is 4.72 Å². The van der Waals surface area contributed by atoms with Crippen LogP contribution in [0.1, 0.15) is 21.5 Å². The lowest BCUT2D eigenvalue weighted by Crippen LogP contribution is -2.25. The largest absolute Gasteiger partial charge is 0.478 e. The zero-order valence-electron chi connectivity index (χ0n) is 9.89. The SMILES string of the molecule is Cc1cc(C)c(S(=O)(=O)NCC#N)cc1C(=O)O. The number of rotatable bonds is 4. The molecule has 1 aromatic rings. The number of nitrogens with one attached hydrogen (secondary N) is 1. The van der Waals surface area contributed by atoms with Crippen molar-refractivity contribution in [1.29, 1.82) is 5.26 Å². The second-order valence-electron chi connectivity index (χ2n) is 3.72. The number of carbonyl (C=O) groups is 1. The van der Waals surface area contributed by atoms with Gasteiger partial charge in [0.2, 0.25) is 10.0 Å². The van der Waals surface area contributed by atoms with Crippen LogP contribution < -0.4 is 4.72 Å². The van der Waals surface area contributed by atoms with Crippen molar-refractivity contribution in [3.8, 4) is 6.07 Å². The fourth-order valence-electron chi connectivity index (χ4n) is 1.56. The molecule has 0 aliphatic rings. The number of aryl methyl sites for hydroxylation is 2. The average Bonchev–Trinajstić information content (AvgIpc) is 2.25. The molecular weight excluding hydrogens is 256 g/mol. The van der Waals surface area contributed by atoms with Crippen molar-refractivity contribution in [1.82, 2.24) is 4.72 Å². The average molecular weight is 268 g/mol. The molecule has 18 heavy (non-hydrogen) atoms. The Bertz CT molecular complexity index is 629. The van der Waals surface area contributed by atoms with Crippen molar-refractivity contribution in [3.05, 3.63) is 28.8 Å². The molecule has 7 heteroatoms. The van der Waals surface area contributed by atoms with Gasteiger partial charge in [-0.25, -0.2) is 13.2 Å². The first-order valence-electron chi connectivity index (χ1n) is 5.00. The third-order valence-electron chi connectivity index (χ3n) is 2.38. The van der Waals surface area contributed by atoms with Gasteiger partial charge in [-0.2, -0.15) is 9.98 Å². The maximum Gasteiger partial charge on any atom is 0.335 e. The van der Waals surface area contributed by atoms with Crippen molar-refractivity contribution < 1.29 is 18.3 Å². The minimum Gasteiger partial charge on any atom is -0.478 e. The normalized spacial score (nSPS) is 10.9. The van der Waals surface area contributed by atoms with Gasteiger partial charge in [-0.05, 0) is 31.0 Å². The molecule has 0 atom stereocenters. The molecule has 0 bridgehead atoms. The third-order valence-corrected chi connectivity index (χ3v) is 3.93. The second kappa shape index (κ2) is 5.16. The van der Waals surface area contributed by atoms with E-state index < -0.39 is 16.0 Å². The van der Waals surface area contributed by atoms with Gasteiger partial charge in [0, 0.05) is 0 Å². The van der Waals surface area contributed by atoms with Crippen LogP contribution in [0.15, 0.2) is 17.0 Å². The van der Waals surface area contributed by atoms with Crippen LogP contribution >= 0.6 is 0 Å². The number of benzene rings is 1. The summed E-state index contributed by atoms with van der Waals surface area (Å²) in [6.07, 6.45) is 0. The van der Waals surface area contributed by atoms with Gasteiger partial charge in [0.15, 0.2) is 0 Å². The van der Waals surface area contributed by atoms with Crippen LogP contribution in [0.4, 0.5) is 0 Å². The number of carboxylic acid groups (broad SMARTS) is 1. The third kappa shape index (κ3) is 2.85. The molecule has 0 radical (unpaired) electrons. The van der Waals surface area contributed by atoms with Crippen molar-refractivity contribution >= 4 is 16.0 Å². The van der Waals surface area contributed by atoms with Gasteiger partial charge < -0.3 is 5.11 Å². The Morgan fingerprint density at radius 1 is 1.39 bits per heavy atom. The standard InChI is InChI=1S/C11H12N2O4S/c1-7-5-8(2)10(6-9(7)11(14)15)18(16,17)13-4-3-12/h5-6,13H,4H2,1-2H3,(H,14,15). The zero-order chi connectivity index (χ0) is 13.9. The van der Waals surface area contributed by atoms with E-state index in [0.717, 1.165) is 6.07 Å². The molecule has 6 nitrogen and oxygen atoms in total. The number of carboxylic acids is 1. The quantitative estimate of drug-likeness (QED) is 0.785. The number of sulfonamides is 1. The van der Waals surface area contributed by atoms with Gasteiger partial charge in [0.05, 0.1) is 23.1 Å². The van der Waals surface area contributed by atoms with Crippen LogP contribution in [0.5, 0.6) is 0 Å². The van der Waals surface area contributed by atoms with Gasteiger partial charge >= 0.3 is 5.97 Å². The first-order valence-corrected chi connectivity index (χ1v) is 6.49. The highest BCUT2D eigenvalue weighted by Gasteiger charge is 2.20. The molecule has 2 N–H and O–H groups in total. The Morgan fingerprint density at radius 3 is 2.50 bits per heavy atom. The van der Waals surface area contributed by atoms with Crippen LogP contribution in [0.2, 0.25) is 0 Å². The molecule has 0 aliphatic heterocycles. The van der Waals surface area contributed by atoms with Crippen molar-refractivity contribution in [2.24, 2.45) is 0 Å². The van der Waals surface area contributed by atoms with Gasteiger partial charge in [-0.15, -0.1) is 0 Å². The summed E-state index contributed by atoms with van der Waals surface area (Å²) in [6, 6.07) is 4.25. The first kappa shape index (κ1) is 14.2. The van der Waals surface area contributed by atoms with Crippen LogP contribution in [-0.2, 0) is 10.0 Å². The van der Waals surface area contributed by atoms with E-state index in [0.29, 0.717) is 11.1 Å². The fraction of sp³-hybridized carbons (Fsp3) is 0.273. The van der Waals surface area contributed by atoms with Crippen LogP contribution in [-0.4, -0.2) is 26.0 Å².